The molecule has 0 aliphatic carbocycles. The Bertz CT molecular complexity index is 849. The van der Waals surface area contributed by atoms with Crippen LogP contribution in [0.4, 0.5) is 0 Å². The first-order valence-electron chi connectivity index (χ1n) is 7.20. The van der Waals surface area contributed by atoms with Gasteiger partial charge in [0.1, 0.15) is 0 Å². The van der Waals surface area contributed by atoms with E-state index in [4.69, 9.17) is 23.2 Å². The molecule has 0 saturated carbocycles. The van der Waals surface area contributed by atoms with Gasteiger partial charge in [-0.3, -0.25) is 4.79 Å². The van der Waals surface area contributed by atoms with Crippen LogP contribution in [0.2, 0.25) is 10.0 Å². The highest BCUT2D eigenvalue weighted by Crippen LogP contribution is 2.23. The molecule has 4 nitrogen and oxygen atoms in total. The minimum atomic E-state index is -3.23. The van der Waals surface area contributed by atoms with Crippen molar-refractivity contribution >= 4 is 38.9 Å². The summed E-state index contributed by atoms with van der Waals surface area (Å²) in [4.78, 5) is 12.4. The third-order valence-electron chi connectivity index (χ3n) is 3.53. The fraction of sp³-hybridized carbons (Fsp3) is 0.235. The summed E-state index contributed by atoms with van der Waals surface area (Å²) in [6.45, 7) is 1.84. The van der Waals surface area contributed by atoms with Crippen LogP contribution in [0.1, 0.15) is 24.1 Å². The monoisotopic (exact) mass is 385 g/mol. The molecule has 0 heterocycles. The Hall–Kier alpha value is -1.56. The average molecular weight is 386 g/mol. The van der Waals surface area contributed by atoms with Crippen LogP contribution in [-0.2, 0) is 21.1 Å². The maximum atomic E-state index is 12.1. The van der Waals surface area contributed by atoms with Gasteiger partial charge in [0.15, 0.2) is 9.84 Å². The van der Waals surface area contributed by atoms with Gasteiger partial charge in [-0.1, -0.05) is 41.4 Å². The lowest BCUT2D eigenvalue weighted by Crippen LogP contribution is -2.28. The fourth-order valence-corrected chi connectivity index (χ4v) is 3.17. The van der Waals surface area contributed by atoms with Crippen molar-refractivity contribution in [3.63, 3.8) is 0 Å². The van der Waals surface area contributed by atoms with Crippen molar-refractivity contribution in [1.82, 2.24) is 5.32 Å². The van der Waals surface area contributed by atoms with Gasteiger partial charge in [0, 0.05) is 6.26 Å². The zero-order valence-corrected chi connectivity index (χ0v) is 15.5. The molecule has 0 aromatic heterocycles. The van der Waals surface area contributed by atoms with Gasteiger partial charge in [0.25, 0.3) is 0 Å². The van der Waals surface area contributed by atoms with Crippen LogP contribution in [0.3, 0.4) is 0 Å². The Morgan fingerprint density at radius 1 is 1.08 bits per heavy atom. The molecule has 0 spiro atoms. The van der Waals surface area contributed by atoms with Gasteiger partial charge in [-0.2, -0.15) is 0 Å². The van der Waals surface area contributed by atoms with E-state index in [9.17, 15) is 13.2 Å². The largest absolute Gasteiger partial charge is 0.349 e. The molecule has 2 aromatic carbocycles. The highest BCUT2D eigenvalue weighted by molar-refractivity contribution is 7.90. The van der Waals surface area contributed by atoms with Crippen molar-refractivity contribution in [3.05, 3.63) is 63.6 Å². The lowest BCUT2D eigenvalue weighted by atomic mass is 10.1. The zero-order valence-electron chi connectivity index (χ0n) is 13.2. The van der Waals surface area contributed by atoms with E-state index in [2.05, 4.69) is 5.32 Å². The van der Waals surface area contributed by atoms with Gasteiger partial charge in [-0.25, -0.2) is 8.42 Å². The zero-order chi connectivity index (χ0) is 17.9. The molecule has 2 rings (SSSR count). The molecular formula is C17H17Cl2NO3S. The summed E-state index contributed by atoms with van der Waals surface area (Å²) in [7, 11) is -3.23. The summed E-state index contributed by atoms with van der Waals surface area (Å²) < 4.78 is 22.9. The summed E-state index contributed by atoms with van der Waals surface area (Å²) in [5.41, 5.74) is 1.59. The van der Waals surface area contributed by atoms with Gasteiger partial charge in [0.05, 0.1) is 27.4 Å². The Balaban J connectivity index is 2.01. The van der Waals surface area contributed by atoms with E-state index in [0.717, 1.165) is 17.4 Å². The van der Waals surface area contributed by atoms with Crippen molar-refractivity contribution in [1.29, 1.82) is 0 Å². The molecule has 0 fully saturated rings. The standard InChI is InChI=1S/C17H17Cl2NO3S/c1-11(13-4-6-14(7-5-13)24(2,22)23)20-17(21)10-12-3-8-15(18)16(19)9-12/h3-9,11H,10H2,1-2H3,(H,20,21). The van der Waals surface area contributed by atoms with E-state index in [-0.39, 0.29) is 23.3 Å². The number of carbonyl (C=O) groups excluding carboxylic acids is 1. The molecule has 1 amide bonds. The maximum Gasteiger partial charge on any atom is 0.224 e. The minimum absolute atomic E-state index is 0.159. The lowest BCUT2D eigenvalue weighted by molar-refractivity contribution is -0.121. The van der Waals surface area contributed by atoms with Crippen LogP contribution >= 0.6 is 23.2 Å². The third kappa shape index (κ3) is 4.97. The van der Waals surface area contributed by atoms with Crippen molar-refractivity contribution in [3.8, 4) is 0 Å². The van der Waals surface area contributed by atoms with Gasteiger partial charge in [0.2, 0.25) is 5.91 Å². The SMILES string of the molecule is CC(NC(=O)Cc1ccc(Cl)c(Cl)c1)c1ccc(S(C)(=O)=O)cc1. The molecule has 0 bridgehead atoms. The third-order valence-corrected chi connectivity index (χ3v) is 5.40. The van der Waals surface area contributed by atoms with E-state index in [1.54, 1.807) is 30.3 Å². The van der Waals surface area contributed by atoms with Crippen molar-refractivity contribution < 1.29 is 13.2 Å². The number of hydrogen-bond acceptors (Lipinski definition) is 3. The van der Waals surface area contributed by atoms with Crippen molar-refractivity contribution in [2.75, 3.05) is 6.26 Å². The van der Waals surface area contributed by atoms with Crippen molar-refractivity contribution in [2.24, 2.45) is 0 Å². The predicted molar refractivity (Wildman–Crippen MR) is 96.3 cm³/mol. The first-order valence-corrected chi connectivity index (χ1v) is 9.85. The fourth-order valence-electron chi connectivity index (χ4n) is 2.21. The molecule has 1 N–H and O–H groups in total. The Labute approximate surface area is 151 Å². The van der Waals surface area contributed by atoms with E-state index in [0.29, 0.717) is 10.0 Å². The topological polar surface area (TPSA) is 63.2 Å². The number of sulfone groups is 1. The van der Waals surface area contributed by atoms with E-state index in [1.165, 1.54) is 12.1 Å². The molecule has 1 unspecified atom stereocenters. The number of hydrogen-bond donors (Lipinski definition) is 1. The van der Waals surface area contributed by atoms with Gasteiger partial charge in [-0.05, 0) is 42.3 Å². The summed E-state index contributed by atoms with van der Waals surface area (Å²) in [6, 6.07) is 11.3. The van der Waals surface area contributed by atoms with Crippen LogP contribution in [0.25, 0.3) is 0 Å². The highest BCUT2D eigenvalue weighted by Gasteiger charge is 2.12. The molecule has 2 aromatic rings. The summed E-state index contributed by atoms with van der Waals surface area (Å²) in [5.74, 6) is -0.159. The van der Waals surface area contributed by atoms with Crippen LogP contribution in [0, 0.1) is 0 Å². The highest BCUT2D eigenvalue weighted by atomic mass is 35.5. The second-order valence-corrected chi connectivity index (χ2v) is 8.39. The predicted octanol–water partition coefficient (Wildman–Crippen LogP) is 3.82. The van der Waals surface area contributed by atoms with Gasteiger partial charge in [-0.15, -0.1) is 0 Å². The van der Waals surface area contributed by atoms with Crippen LogP contribution < -0.4 is 5.32 Å². The van der Waals surface area contributed by atoms with Crippen LogP contribution in [-0.4, -0.2) is 20.6 Å². The van der Waals surface area contributed by atoms with Gasteiger partial charge >= 0.3 is 0 Å². The summed E-state index contributed by atoms with van der Waals surface area (Å²) >= 11 is 11.8. The Morgan fingerprint density at radius 2 is 1.71 bits per heavy atom. The second-order valence-electron chi connectivity index (χ2n) is 5.56. The Morgan fingerprint density at radius 3 is 2.25 bits per heavy atom. The molecule has 0 radical (unpaired) electrons. The quantitative estimate of drug-likeness (QED) is 0.850. The summed E-state index contributed by atoms with van der Waals surface area (Å²) in [6.07, 6.45) is 1.34. The lowest BCUT2D eigenvalue weighted by Gasteiger charge is -2.15. The van der Waals surface area contributed by atoms with Crippen LogP contribution in [0.15, 0.2) is 47.4 Å². The molecule has 128 valence electrons. The molecule has 1 atom stereocenters. The Kier molecular flexibility index (Phi) is 5.91. The number of carbonyl (C=O) groups is 1. The van der Waals surface area contributed by atoms with E-state index < -0.39 is 9.84 Å². The number of nitrogens with one attached hydrogen (secondary N) is 1. The molecular weight excluding hydrogens is 369 g/mol. The number of rotatable bonds is 5. The maximum absolute atomic E-state index is 12.1. The molecule has 0 aliphatic heterocycles. The second kappa shape index (κ2) is 7.55. The minimum Gasteiger partial charge on any atom is -0.349 e. The van der Waals surface area contributed by atoms with Gasteiger partial charge < -0.3 is 5.32 Å². The average Bonchev–Trinajstić information content (AvgIpc) is 2.50. The van der Waals surface area contributed by atoms with E-state index >= 15 is 0 Å². The number of halogens is 2. The smallest absolute Gasteiger partial charge is 0.224 e. The molecule has 0 saturated heterocycles. The molecule has 24 heavy (non-hydrogen) atoms. The molecule has 7 heteroatoms. The normalized spacial score (nSPS) is 12.7. The van der Waals surface area contributed by atoms with Crippen molar-refractivity contribution in [2.45, 2.75) is 24.3 Å². The number of benzene rings is 2. The first-order chi connectivity index (χ1) is 11.2. The van der Waals surface area contributed by atoms with E-state index in [1.807, 2.05) is 6.92 Å². The molecule has 0 aliphatic rings. The number of amides is 1. The summed E-state index contributed by atoms with van der Waals surface area (Å²) in [5, 5.41) is 3.73. The van der Waals surface area contributed by atoms with Crippen LogP contribution in [0.5, 0.6) is 0 Å². The first kappa shape index (κ1) is 18.8.